The third-order valence-corrected chi connectivity index (χ3v) is 2.53. The average molecular weight is 266 g/mol. The molecule has 1 atom stereocenters. The number of carboxylic acids is 1. The maximum Gasteiger partial charge on any atom is 0.326 e. The SMILES string of the molecule is CCCC(NC(=O)c1ccccc1[N+](=O)[O-])C(=O)O. The summed E-state index contributed by atoms with van der Waals surface area (Å²) in [4.78, 5) is 32.9. The third-order valence-electron chi connectivity index (χ3n) is 2.53. The van der Waals surface area contributed by atoms with Gasteiger partial charge in [-0.05, 0) is 12.5 Å². The first-order valence-electron chi connectivity index (χ1n) is 5.74. The minimum atomic E-state index is -1.16. The first kappa shape index (κ1) is 14.6. The molecule has 0 fully saturated rings. The molecule has 0 aliphatic carbocycles. The van der Waals surface area contributed by atoms with Crippen LogP contribution in [0.4, 0.5) is 5.69 Å². The van der Waals surface area contributed by atoms with Gasteiger partial charge in [0.05, 0.1) is 4.92 Å². The van der Waals surface area contributed by atoms with Crippen LogP contribution in [0.3, 0.4) is 0 Å². The van der Waals surface area contributed by atoms with Crippen molar-refractivity contribution in [2.75, 3.05) is 0 Å². The standard InChI is InChI=1S/C12H14N2O5/c1-2-5-9(12(16)17)13-11(15)8-6-3-4-7-10(8)14(18)19/h3-4,6-7,9H,2,5H2,1H3,(H,13,15)(H,16,17). The van der Waals surface area contributed by atoms with Crippen LogP contribution in [0, 0.1) is 10.1 Å². The molecule has 102 valence electrons. The van der Waals surface area contributed by atoms with E-state index in [1.54, 1.807) is 6.92 Å². The molecule has 0 bridgehead atoms. The minimum absolute atomic E-state index is 0.144. The molecule has 2 N–H and O–H groups in total. The van der Waals surface area contributed by atoms with Crippen LogP contribution in [0.25, 0.3) is 0 Å². The number of carboxylic acid groups (broad SMARTS) is 1. The van der Waals surface area contributed by atoms with Gasteiger partial charge in [-0.25, -0.2) is 4.79 Å². The van der Waals surface area contributed by atoms with Crippen molar-refractivity contribution < 1.29 is 19.6 Å². The van der Waals surface area contributed by atoms with Gasteiger partial charge in [0.15, 0.2) is 0 Å². The zero-order chi connectivity index (χ0) is 14.4. The second-order valence-electron chi connectivity index (χ2n) is 3.93. The van der Waals surface area contributed by atoms with Crippen LogP contribution < -0.4 is 5.32 Å². The molecule has 19 heavy (non-hydrogen) atoms. The number of amides is 1. The van der Waals surface area contributed by atoms with Crippen LogP contribution in [-0.4, -0.2) is 27.9 Å². The van der Waals surface area contributed by atoms with Crippen LogP contribution in [0.5, 0.6) is 0 Å². The highest BCUT2D eigenvalue weighted by atomic mass is 16.6. The average Bonchev–Trinajstić information content (AvgIpc) is 2.37. The second kappa shape index (κ2) is 6.48. The third kappa shape index (κ3) is 3.77. The molecule has 0 spiro atoms. The number of carbonyl (C=O) groups excluding carboxylic acids is 1. The molecule has 0 heterocycles. The van der Waals surface area contributed by atoms with Gasteiger partial charge in [-0.3, -0.25) is 14.9 Å². The van der Waals surface area contributed by atoms with Crippen molar-refractivity contribution in [3.63, 3.8) is 0 Å². The van der Waals surface area contributed by atoms with Crippen LogP contribution in [0.2, 0.25) is 0 Å². The number of aliphatic carboxylic acids is 1. The molecule has 0 radical (unpaired) electrons. The van der Waals surface area contributed by atoms with Gasteiger partial charge < -0.3 is 10.4 Å². The Labute approximate surface area is 109 Å². The Morgan fingerprint density at radius 2 is 2.05 bits per heavy atom. The zero-order valence-electron chi connectivity index (χ0n) is 10.3. The Morgan fingerprint density at radius 3 is 2.58 bits per heavy atom. The van der Waals surface area contributed by atoms with E-state index in [2.05, 4.69) is 5.32 Å². The molecule has 1 aromatic rings. The number of rotatable bonds is 6. The van der Waals surface area contributed by atoms with E-state index in [1.807, 2.05) is 0 Å². The van der Waals surface area contributed by atoms with E-state index in [1.165, 1.54) is 24.3 Å². The molecule has 1 aromatic carbocycles. The largest absolute Gasteiger partial charge is 0.480 e. The second-order valence-corrected chi connectivity index (χ2v) is 3.93. The Morgan fingerprint density at radius 1 is 1.42 bits per heavy atom. The first-order chi connectivity index (χ1) is 8.97. The number of nitrogens with zero attached hydrogens (tertiary/aromatic N) is 1. The van der Waals surface area contributed by atoms with Crippen LogP contribution in [0.15, 0.2) is 24.3 Å². The van der Waals surface area contributed by atoms with Gasteiger partial charge >= 0.3 is 5.97 Å². The van der Waals surface area contributed by atoms with Gasteiger partial charge in [0.25, 0.3) is 11.6 Å². The molecule has 7 nitrogen and oxygen atoms in total. The maximum atomic E-state index is 11.9. The van der Waals surface area contributed by atoms with Crippen LogP contribution >= 0.6 is 0 Å². The number of nitro benzene ring substituents is 1. The van der Waals surface area contributed by atoms with Gasteiger partial charge in [0, 0.05) is 6.07 Å². The Hall–Kier alpha value is -2.44. The van der Waals surface area contributed by atoms with Gasteiger partial charge in [0.1, 0.15) is 11.6 Å². The summed E-state index contributed by atoms with van der Waals surface area (Å²) in [7, 11) is 0. The fourth-order valence-corrected chi connectivity index (χ4v) is 1.61. The number of nitrogens with one attached hydrogen (secondary N) is 1. The Bertz CT molecular complexity index is 501. The monoisotopic (exact) mass is 266 g/mol. The van der Waals surface area contributed by atoms with Crippen molar-refractivity contribution in [1.29, 1.82) is 0 Å². The zero-order valence-corrected chi connectivity index (χ0v) is 10.3. The normalized spacial score (nSPS) is 11.6. The van der Waals surface area contributed by atoms with Crippen LogP contribution in [0.1, 0.15) is 30.1 Å². The van der Waals surface area contributed by atoms with Gasteiger partial charge in [0.2, 0.25) is 0 Å². The molecule has 1 unspecified atom stereocenters. The topological polar surface area (TPSA) is 110 Å². The van der Waals surface area contributed by atoms with Gasteiger partial charge in [-0.2, -0.15) is 0 Å². The van der Waals surface area contributed by atoms with E-state index >= 15 is 0 Å². The van der Waals surface area contributed by atoms with E-state index in [-0.39, 0.29) is 17.7 Å². The van der Waals surface area contributed by atoms with Crippen LogP contribution in [-0.2, 0) is 4.79 Å². The smallest absolute Gasteiger partial charge is 0.326 e. The number of para-hydroxylation sites is 1. The van der Waals surface area contributed by atoms with Gasteiger partial charge in [-0.15, -0.1) is 0 Å². The minimum Gasteiger partial charge on any atom is -0.480 e. The lowest BCUT2D eigenvalue weighted by Crippen LogP contribution is -2.40. The lowest BCUT2D eigenvalue weighted by molar-refractivity contribution is -0.385. The van der Waals surface area contributed by atoms with Crippen molar-refractivity contribution in [3.8, 4) is 0 Å². The summed E-state index contributed by atoms with van der Waals surface area (Å²) in [5.74, 6) is -1.91. The molecule has 1 rings (SSSR count). The molecule has 0 saturated carbocycles. The van der Waals surface area contributed by atoms with E-state index in [9.17, 15) is 19.7 Å². The highest BCUT2D eigenvalue weighted by Crippen LogP contribution is 2.17. The molecule has 0 saturated heterocycles. The summed E-state index contributed by atoms with van der Waals surface area (Å²) in [6.45, 7) is 1.78. The number of nitro groups is 1. The molecule has 0 aliphatic rings. The highest BCUT2D eigenvalue weighted by Gasteiger charge is 2.24. The summed E-state index contributed by atoms with van der Waals surface area (Å²) >= 11 is 0. The van der Waals surface area contributed by atoms with E-state index < -0.39 is 22.8 Å². The predicted molar refractivity (Wildman–Crippen MR) is 66.9 cm³/mol. The summed E-state index contributed by atoms with van der Waals surface area (Å²) in [6.07, 6.45) is 0.843. The number of carbonyl (C=O) groups is 2. The summed E-state index contributed by atoms with van der Waals surface area (Å²) in [6, 6.07) is 4.37. The highest BCUT2D eigenvalue weighted by molar-refractivity contribution is 5.99. The van der Waals surface area contributed by atoms with Gasteiger partial charge in [-0.1, -0.05) is 25.5 Å². The fourth-order valence-electron chi connectivity index (χ4n) is 1.61. The summed E-state index contributed by atoms with van der Waals surface area (Å²) < 4.78 is 0. The van der Waals surface area contributed by atoms with Crippen molar-refractivity contribution in [1.82, 2.24) is 5.32 Å². The Balaban J connectivity index is 2.94. The van der Waals surface area contributed by atoms with Crippen molar-refractivity contribution in [2.24, 2.45) is 0 Å². The van der Waals surface area contributed by atoms with Crippen molar-refractivity contribution >= 4 is 17.6 Å². The maximum absolute atomic E-state index is 11.9. The van der Waals surface area contributed by atoms with E-state index in [0.717, 1.165) is 0 Å². The number of benzene rings is 1. The van der Waals surface area contributed by atoms with E-state index in [0.29, 0.717) is 6.42 Å². The lowest BCUT2D eigenvalue weighted by Gasteiger charge is -2.13. The lowest BCUT2D eigenvalue weighted by atomic mass is 10.1. The molecule has 7 heteroatoms. The molecule has 1 amide bonds. The van der Waals surface area contributed by atoms with Crippen molar-refractivity contribution in [2.45, 2.75) is 25.8 Å². The molecular weight excluding hydrogens is 252 g/mol. The van der Waals surface area contributed by atoms with E-state index in [4.69, 9.17) is 5.11 Å². The summed E-state index contributed by atoms with van der Waals surface area (Å²) in [5, 5.41) is 22.0. The predicted octanol–water partition coefficient (Wildman–Crippen LogP) is 1.58. The molecular formula is C12H14N2O5. The summed E-state index contributed by atoms with van der Waals surface area (Å²) in [5.41, 5.74) is -0.490. The number of hydrogen-bond donors (Lipinski definition) is 2. The Kier molecular flexibility index (Phi) is 4.99. The molecule has 0 aliphatic heterocycles. The fraction of sp³-hybridized carbons (Fsp3) is 0.333. The number of hydrogen-bond acceptors (Lipinski definition) is 4. The molecule has 0 aromatic heterocycles. The first-order valence-corrected chi connectivity index (χ1v) is 5.74. The van der Waals surface area contributed by atoms with Crippen molar-refractivity contribution in [3.05, 3.63) is 39.9 Å². The quantitative estimate of drug-likeness (QED) is 0.600.